The van der Waals surface area contributed by atoms with E-state index in [4.69, 9.17) is 21.4 Å². The summed E-state index contributed by atoms with van der Waals surface area (Å²) in [5.41, 5.74) is 2.95. The number of ether oxygens (including phenoxy) is 1. The fourth-order valence-corrected chi connectivity index (χ4v) is 2.84. The molecule has 0 aliphatic heterocycles. The van der Waals surface area contributed by atoms with Gasteiger partial charge in [0.1, 0.15) is 23.9 Å². The number of aryl methyl sites for hydroxylation is 1. The molecule has 1 amide bonds. The molecule has 6 nitrogen and oxygen atoms in total. The Bertz CT molecular complexity index is 996. The molecule has 0 fully saturated rings. The van der Waals surface area contributed by atoms with E-state index < -0.39 is 0 Å². The standard InChI is InChI=1S/C21H20N2O4S/c1-13-3-5-14(6-4-13)20(25)23-21(28)22-15-7-9-18(26-2)17(11-15)19-10-8-16(12-24)27-19/h3-11,24H,12H2,1-2H3,(H2,22,23,25,28). The van der Waals surface area contributed by atoms with Crippen LogP contribution in [0.2, 0.25) is 0 Å². The summed E-state index contributed by atoms with van der Waals surface area (Å²) in [5.74, 6) is 1.33. The molecule has 3 rings (SSSR count). The van der Waals surface area contributed by atoms with Crippen molar-refractivity contribution in [1.82, 2.24) is 5.32 Å². The molecule has 7 heteroatoms. The predicted molar refractivity (Wildman–Crippen MR) is 111 cm³/mol. The second kappa shape index (κ2) is 8.69. The molecule has 28 heavy (non-hydrogen) atoms. The number of methoxy groups -OCH3 is 1. The van der Waals surface area contributed by atoms with Crippen molar-refractivity contribution >= 4 is 28.9 Å². The summed E-state index contributed by atoms with van der Waals surface area (Å²) >= 11 is 5.25. The fourth-order valence-electron chi connectivity index (χ4n) is 2.63. The maximum atomic E-state index is 12.3. The van der Waals surface area contributed by atoms with Gasteiger partial charge in [-0.2, -0.15) is 0 Å². The van der Waals surface area contributed by atoms with Crippen molar-refractivity contribution in [2.45, 2.75) is 13.5 Å². The molecular weight excluding hydrogens is 376 g/mol. The number of hydrogen-bond donors (Lipinski definition) is 3. The Labute approximate surface area is 168 Å². The molecule has 144 valence electrons. The first-order valence-corrected chi connectivity index (χ1v) is 8.98. The summed E-state index contributed by atoms with van der Waals surface area (Å²) in [6.45, 7) is 1.77. The third kappa shape index (κ3) is 4.57. The average molecular weight is 396 g/mol. The van der Waals surface area contributed by atoms with Crippen LogP contribution in [-0.2, 0) is 6.61 Å². The predicted octanol–water partition coefficient (Wildman–Crippen LogP) is 3.88. The van der Waals surface area contributed by atoms with Crippen LogP contribution in [0.25, 0.3) is 11.3 Å². The fraction of sp³-hybridized carbons (Fsp3) is 0.143. The lowest BCUT2D eigenvalue weighted by Crippen LogP contribution is -2.34. The van der Waals surface area contributed by atoms with Gasteiger partial charge in [-0.15, -0.1) is 0 Å². The van der Waals surface area contributed by atoms with E-state index >= 15 is 0 Å². The highest BCUT2D eigenvalue weighted by molar-refractivity contribution is 7.80. The van der Waals surface area contributed by atoms with Crippen molar-refractivity contribution in [2.75, 3.05) is 12.4 Å². The van der Waals surface area contributed by atoms with Crippen molar-refractivity contribution in [3.63, 3.8) is 0 Å². The number of benzene rings is 2. The van der Waals surface area contributed by atoms with Crippen LogP contribution in [0.3, 0.4) is 0 Å². The normalized spacial score (nSPS) is 10.4. The zero-order valence-corrected chi connectivity index (χ0v) is 16.3. The number of carbonyl (C=O) groups is 1. The third-order valence-electron chi connectivity index (χ3n) is 4.08. The number of aliphatic hydroxyl groups is 1. The molecule has 3 N–H and O–H groups in total. The van der Waals surface area contributed by atoms with Crippen molar-refractivity contribution < 1.29 is 19.1 Å². The summed E-state index contributed by atoms with van der Waals surface area (Å²) in [7, 11) is 1.56. The first-order valence-electron chi connectivity index (χ1n) is 8.57. The number of amides is 1. The number of anilines is 1. The minimum Gasteiger partial charge on any atom is -0.496 e. The minimum atomic E-state index is -0.287. The van der Waals surface area contributed by atoms with Gasteiger partial charge < -0.3 is 19.6 Å². The quantitative estimate of drug-likeness (QED) is 0.568. The Morgan fingerprint density at radius 2 is 1.89 bits per heavy atom. The van der Waals surface area contributed by atoms with Gasteiger partial charge in [0.05, 0.1) is 12.7 Å². The smallest absolute Gasteiger partial charge is 0.257 e. The molecule has 0 bridgehead atoms. The van der Waals surface area contributed by atoms with E-state index in [0.29, 0.717) is 34.1 Å². The van der Waals surface area contributed by atoms with Crippen LogP contribution in [0.1, 0.15) is 21.7 Å². The number of rotatable bonds is 5. The Hall–Kier alpha value is -3.16. The van der Waals surface area contributed by atoms with Gasteiger partial charge in [0.15, 0.2) is 5.11 Å². The monoisotopic (exact) mass is 396 g/mol. The van der Waals surface area contributed by atoms with E-state index in [0.717, 1.165) is 5.56 Å². The molecule has 0 aliphatic rings. The second-order valence-corrected chi connectivity index (χ2v) is 6.52. The maximum absolute atomic E-state index is 12.3. The Kier molecular flexibility index (Phi) is 6.08. The average Bonchev–Trinajstić information content (AvgIpc) is 3.17. The number of thiocarbonyl (C=S) groups is 1. The molecule has 0 atom stereocenters. The van der Waals surface area contributed by atoms with Gasteiger partial charge in [-0.1, -0.05) is 17.7 Å². The summed E-state index contributed by atoms with van der Waals surface area (Å²) in [6.07, 6.45) is 0. The van der Waals surface area contributed by atoms with Crippen LogP contribution in [0, 0.1) is 6.92 Å². The van der Waals surface area contributed by atoms with Crippen molar-refractivity contribution in [3.8, 4) is 17.1 Å². The van der Waals surface area contributed by atoms with E-state index in [1.165, 1.54) is 0 Å². The largest absolute Gasteiger partial charge is 0.496 e. The van der Waals surface area contributed by atoms with E-state index in [2.05, 4.69) is 10.6 Å². The molecule has 2 aromatic carbocycles. The molecule has 0 spiro atoms. The topological polar surface area (TPSA) is 83.7 Å². The summed E-state index contributed by atoms with van der Waals surface area (Å²) in [4.78, 5) is 12.3. The lowest BCUT2D eigenvalue weighted by molar-refractivity contribution is 0.0977. The van der Waals surface area contributed by atoms with Crippen LogP contribution in [0.15, 0.2) is 59.0 Å². The zero-order chi connectivity index (χ0) is 20.1. The van der Waals surface area contributed by atoms with Gasteiger partial charge in [0.25, 0.3) is 5.91 Å². The van der Waals surface area contributed by atoms with Gasteiger partial charge in [0, 0.05) is 11.3 Å². The molecule has 0 aliphatic carbocycles. The van der Waals surface area contributed by atoms with Gasteiger partial charge in [0.2, 0.25) is 0 Å². The molecule has 3 aromatic rings. The van der Waals surface area contributed by atoms with Crippen LogP contribution < -0.4 is 15.4 Å². The summed E-state index contributed by atoms with van der Waals surface area (Å²) in [6, 6.07) is 16.0. The first-order chi connectivity index (χ1) is 13.5. The molecule has 1 heterocycles. The SMILES string of the molecule is COc1ccc(NC(=S)NC(=O)c2ccc(C)cc2)cc1-c1ccc(CO)o1. The van der Waals surface area contributed by atoms with Crippen LogP contribution in [0.5, 0.6) is 5.75 Å². The van der Waals surface area contributed by atoms with E-state index in [1.54, 1.807) is 49.6 Å². The number of furan rings is 1. The van der Waals surface area contributed by atoms with Crippen molar-refractivity contribution in [2.24, 2.45) is 0 Å². The lowest BCUT2D eigenvalue weighted by Gasteiger charge is -2.12. The highest BCUT2D eigenvalue weighted by Gasteiger charge is 2.13. The highest BCUT2D eigenvalue weighted by Crippen LogP contribution is 2.33. The molecule has 0 saturated heterocycles. The number of hydrogen-bond acceptors (Lipinski definition) is 5. The van der Waals surface area contributed by atoms with E-state index in [1.807, 2.05) is 19.1 Å². The summed E-state index contributed by atoms with van der Waals surface area (Å²) < 4.78 is 11.0. The zero-order valence-electron chi connectivity index (χ0n) is 15.5. The minimum absolute atomic E-state index is 0.178. The van der Waals surface area contributed by atoms with E-state index in [-0.39, 0.29) is 17.6 Å². The molecule has 1 aromatic heterocycles. The Balaban J connectivity index is 1.74. The number of nitrogens with one attached hydrogen (secondary N) is 2. The lowest BCUT2D eigenvalue weighted by atomic mass is 10.1. The van der Waals surface area contributed by atoms with Crippen molar-refractivity contribution in [1.29, 1.82) is 0 Å². The number of carbonyl (C=O) groups excluding carboxylic acids is 1. The molecular formula is C21H20N2O4S. The Morgan fingerprint density at radius 1 is 1.14 bits per heavy atom. The van der Waals surface area contributed by atoms with Gasteiger partial charge in [-0.3, -0.25) is 10.1 Å². The second-order valence-electron chi connectivity index (χ2n) is 6.11. The molecule has 0 saturated carbocycles. The van der Waals surface area contributed by atoms with Crippen LogP contribution in [-0.4, -0.2) is 23.2 Å². The molecule has 0 unspecified atom stereocenters. The molecule has 0 radical (unpaired) electrons. The Morgan fingerprint density at radius 3 is 2.54 bits per heavy atom. The van der Waals surface area contributed by atoms with Gasteiger partial charge >= 0.3 is 0 Å². The van der Waals surface area contributed by atoms with Gasteiger partial charge in [-0.25, -0.2) is 0 Å². The van der Waals surface area contributed by atoms with Crippen LogP contribution in [0.4, 0.5) is 5.69 Å². The van der Waals surface area contributed by atoms with Crippen molar-refractivity contribution in [3.05, 3.63) is 71.5 Å². The van der Waals surface area contributed by atoms with E-state index in [9.17, 15) is 9.90 Å². The number of aliphatic hydroxyl groups excluding tert-OH is 1. The maximum Gasteiger partial charge on any atom is 0.257 e. The third-order valence-corrected chi connectivity index (χ3v) is 4.29. The van der Waals surface area contributed by atoms with Gasteiger partial charge in [-0.05, 0) is 61.6 Å². The van der Waals surface area contributed by atoms with Crippen LogP contribution >= 0.6 is 12.2 Å². The first kappa shape index (κ1) is 19.6. The highest BCUT2D eigenvalue weighted by atomic mass is 32.1. The summed E-state index contributed by atoms with van der Waals surface area (Å²) in [5, 5.41) is 15.0.